The fraction of sp³-hybridized carbons (Fsp3) is 0.417. The van der Waals surface area contributed by atoms with Crippen LogP contribution in [0.5, 0.6) is 0 Å². The smallest absolute Gasteiger partial charge is 0.137 e. The Kier molecular flexibility index (Phi) is 1.99. The molecule has 0 radical (unpaired) electrons. The van der Waals surface area contributed by atoms with Gasteiger partial charge in [-0.3, -0.25) is 0 Å². The van der Waals surface area contributed by atoms with Gasteiger partial charge in [-0.05, 0) is 44.5 Å². The number of fused-ring (bicyclic) bond motifs is 1. The van der Waals surface area contributed by atoms with Gasteiger partial charge in [-0.1, -0.05) is 6.07 Å². The highest BCUT2D eigenvalue weighted by molar-refractivity contribution is 5.41. The van der Waals surface area contributed by atoms with Crippen LogP contribution in [0, 0.1) is 12.8 Å². The van der Waals surface area contributed by atoms with E-state index in [1.807, 2.05) is 0 Å². The van der Waals surface area contributed by atoms with E-state index < -0.39 is 0 Å². The van der Waals surface area contributed by atoms with Crippen LogP contribution >= 0.6 is 0 Å². The van der Waals surface area contributed by atoms with Crippen molar-refractivity contribution in [2.24, 2.45) is 5.92 Å². The van der Waals surface area contributed by atoms with Gasteiger partial charge in [0.15, 0.2) is 0 Å². The second kappa shape index (κ2) is 3.35. The van der Waals surface area contributed by atoms with E-state index in [4.69, 9.17) is 0 Å². The zero-order chi connectivity index (χ0) is 10.3. The first-order chi connectivity index (χ1) is 7.33. The monoisotopic (exact) mass is 201 g/mol. The fourth-order valence-corrected chi connectivity index (χ4v) is 2.09. The molecule has 1 N–H and O–H groups in total. The minimum absolute atomic E-state index is 0.787. The third-order valence-electron chi connectivity index (χ3n) is 3.11. The van der Waals surface area contributed by atoms with E-state index in [0.717, 1.165) is 31.1 Å². The van der Waals surface area contributed by atoms with Crippen LogP contribution in [-0.2, 0) is 6.42 Å². The number of nitrogens with zero attached hydrogens (tertiary/aromatic N) is 2. The predicted molar refractivity (Wildman–Crippen MR) is 60.0 cm³/mol. The van der Waals surface area contributed by atoms with E-state index in [9.17, 15) is 0 Å². The Labute approximate surface area is 89.1 Å². The minimum atomic E-state index is 0.787. The maximum atomic E-state index is 4.63. The molecule has 15 heavy (non-hydrogen) atoms. The molecule has 0 unspecified atom stereocenters. The van der Waals surface area contributed by atoms with Gasteiger partial charge in [0.2, 0.25) is 0 Å². The molecule has 1 aliphatic rings. The van der Waals surface area contributed by atoms with Gasteiger partial charge in [0.05, 0.1) is 5.69 Å². The molecule has 3 rings (SSSR count). The molecule has 3 heteroatoms. The number of aromatic nitrogens is 2. The third kappa shape index (κ3) is 1.53. The molecule has 3 heterocycles. The van der Waals surface area contributed by atoms with Crippen LogP contribution in [-0.4, -0.2) is 22.5 Å². The molecule has 78 valence electrons. The van der Waals surface area contributed by atoms with Crippen LogP contribution < -0.4 is 5.32 Å². The van der Waals surface area contributed by atoms with Crippen LogP contribution in [0.15, 0.2) is 24.4 Å². The maximum absolute atomic E-state index is 4.63. The van der Waals surface area contributed by atoms with E-state index in [0.29, 0.717) is 0 Å². The Morgan fingerprint density at radius 1 is 1.47 bits per heavy atom. The van der Waals surface area contributed by atoms with Crippen LogP contribution in [0.3, 0.4) is 0 Å². The molecular weight excluding hydrogens is 186 g/mol. The Morgan fingerprint density at radius 3 is 3.00 bits per heavy atom. The molecule has 1 fully saturated rings. The summed E-state index contributed by atoms with van der Waals surface area (Å²) in [5.74, 6) is 0.787. The molecule has 3 nitrogen and oxygen atoms in total. The molecule has 0 atom stereocenters. The first-order valence-corrected chi connectivity index (χ1v) is 5.47. The molecule has 2 aromatic rings. The first-order valence-electron chi connectivity index (χ1n) is 5.47. The predicted octanol–water partition coefficient (Wildman–Crippen LogP) is 1.40. The maximum Gasteiger partial charge on any atom is 0.137 e. The molecule has 2 aromatic heterocycles. The zero-order valence-corrected chi connectivity index (χ0v) is 8.90. The Hall–Kier alpha value is -1.35. The average molecular weight is 201 g/mol. The summed E-state index contributed by atoms with van der Waals surface area (Å²) in [6.07, 6.45) is 3.27. The van der Waals surface area contributed by atoms with E-state index in [-0.39, 0.29) is 0 Å². The van der Waals surface area contributed by atoms with Crippen molar-refractivity contribution in [2.75, 3.05) is 13.1 Å². The van der Waals surface area contributed by atoms with Gasteiger partial charge in [-0.15, -0.1) is 0 Å². The molecule has 1 aliphatic heterocycles. The van der Waals surface area contributed by atoms with Gasteiger partial charge in [-0.25, -0.2) is 4.98 Å². The minimum Gasteiger partial charge on any atom is -0.316 e. The van der Waals surface area contributed by atoms with Crippen LogP contribution in [0.4, 0.5) is 0 Å². The van der Waals surface area contributed by atoms with E-state index in [1.165, 1.54) is 11.4 Å². The van der Waals surface area contributed by atoms with Gasteiger partial charge in [0.25, 0.3) is 0 Å². The highest BCUT2D eigenvalue weighted by Gasteiger charge is 2.18. The standard InChI is InChI=1S/C12H15N3/c1-9-3-2-4-12-14-11(8-15(9)12)5-10-6-13-7-10/h2-4,8,10,13H,5-7H2,1H3. The van der Waals surface area contributed by atoms with E-state index in [2.05, 4.69) is 46.0 Å². The second-order valence-electron chi connectivity index (χ2n) is 4.36. The molecule has 0 amide bonds. The van der Waals surface area contributed by atoms with Crippen LogP contribution in [0.2, 0.25) is 0 Å². The molecule has 0 bridgehead atoms. The summed E-state index contributed by atoms with van der Waals surface area (Å²) >= 11 is 0. The third-order valence-corrected chi connectivity index (χ3v) is 3.11. The van der Waals surface area contributed by atoms with E-state index in [1.54, 1.807) is 0 Å². The summed E-state index contributed by atoms with van der Waals surface area (Å²) in [5.41, 5.74) is 3.53. The number of aryl methyl sites for hydroxylation is 1. The fourth-order valence-electron chi connectivity index (χ4n) is 2.09. The molecular formula is C12H15N3. The van der Waals surface area contributed by atoms with Crippen molar-refractivity contribution in [1.82, 2.24) is 14.7 Å². The number of rotatable bonds is 2. The summed E-state index contributed by atoms with van der Waals surface area (Å²) in [6.45, 7) is 4.41. The Morgan fingerprint density at radius 2 is 2.33 bits per heavy atom. The Balaban J connectivity index is 1.95. The lowest BCUT2D eigenvalue weighted by atomic mass is 9.98. The summed E-state index contributed by atoms with van der Waals surface area (Å²) in [7, 11) is 0. The first kappa shape index (κ1) is 8.92. The average Bonchev–Trinajstić information content (AvgIpc) is 2.56. The number of hydrogen-bond donors (Lipinski definition) is 1. The zero-order valence-electron chi connectivity index (χ0n) is 8.90. The summed E-state index contributed by atoms with van der Waals surface area (Å²) in [6, 6.07) is 6.24. The van der Waals surface area contributed by atoms with Gasteiger partial charge in [0.1, 0.15) is 5.65 Å². The quantitative estimate of drug-likeness (QED) is 0.796. The van der Waals surface area contributed by atoms with Crippen molar-refractivity contribution in [1.29, 1.82) is 0 Å². The number of pyridine rings is 1. The topological polar surface area (TPSA) is 29.3 Å². The van der Waals surface area contributed by atoms with Crippen molar-refractivity contribution < 1.29 is 0 Å². The van der Waals surface area contributed by atoms with E-state index >= 15 is 0 Å². The summed E-state index contributed by atoms with van der Waals surface area (Å²) in [5, 5.41) is 3.29. The lowest BCUT2D eigenvalue weighted by Gasteiger charge is -2.26. The molecule has 0 spiro atoms. The van der Waals surface area contributed by atoms with Crippen LogP contribution in [0.1, 0.15) is 11.4 Å². The summed E-state index contributed by atoms with van der Waals surface area (Å²) in [4.78, 5) is 4.63. The highest BCUT2D eigenvalue weighted by atomic mass is 15.0. The number of imidazole rings is 1. The van der Waals surface area contributed by atoms with Crippen LogP contribution in [0.25, 0.3) is 5.65 Å². The number of nitrogens with one attached hydrogen (secondary N) is 1. The molecule has 0 aliphatic carbocycles. The van der Waals surface area contributed by atoms with Gasteiger partial charge in [0, 0.05) is 11.9 Å². The number of hydrogen-bond acceptors (Lipinski definition) is 2. The SMILES string of the molecule is Cc1cccc2nc(CC3CNC3)cn12. The molecule has 0 saturated carbocycles. The van der Waals surface area contributed by atoms with Crippen molar-refractivity contribution in [2.45, 2.75) is 13.3 Å². The Bertz CT molecular complexity index is 483. The highest BCUT2D eigenvalue weighted by Crippen LogP contribution is 2.14. The lowest BCUT2D eigenvalue weighted by molar-refractivity contribution is 0.344. The largest absolute Gasteiger partial charge is 0.316 e. The summed E-state index contributed by atoms with van der Waals surface area (Å²) < 4.78 is 2.17. The van der Waals surface area contributed by atoms with Crippen molar-refractivity contribution >= 4 is 5.65 Å². The van der Waals surface area contributed by atoms with Gasteiger partial charge < -0.3 is 9.72 Å². The lowest BCUT2D eigenvalue weighted by Crippen LogP contribution is -2.43. The van der Waals surface area contributed by atoms with Crippen molar-refractivity contribution in [3.8, 4) is 0 Å². The van der Waals surface area contributed by atoms with Gasteiger partial charge >= 0.3 is 0 Å². The second-order valence-corrected chi connectivity index (χ2v) is 4.36. The molecule has 1 saturated heterocycles. The van der Waals surface area contributed by atoms with Gasteiger partial charge in [-0.2, -0.15) is 0 Å². The van der Waals surface area contributed by atoms with Crippen molar-refractivity contribution in [3.05, 3.63) is 35.8 Å². The van der Waals surface area contributed by atoms with Crippen molar-refractivity contribution in [3.63, 3.8) is 0 Å². The normalized spacial score (nSPS) is 16.9. The molecule has 0 aromatic carbocycles.